The predicted molar refractivity (Wildman–Crippen MR) is 91.3 cm³/mol. The van der Waals surface area contributed by atoms with Gasteiger partial charge in [-0.25, -0.2) is 4.79 Å². The van der Waals surface area contributed by atoms with E-state index in [-0.39, 0.29) is 12.2 Å². The van der Waals surface area contributed by atoms with E-state index in [2.05, 4.69) is 36.2 Å². The standard InChI is InChI=1S/C18H18ClN3O/c1-13-3-5-14(6-4-13)17-20-11-2-12-21(20)18(23)22(17)16-9-7-15(19)8-10-16/h3-10,17H,2,11-12H2,1H3/t17-/m0/s1. The van der Waals surface area contributed by atoms with Gasteiger partial charge in [-0.1, -0.05) is 41.4 Å². The highest BCUT2D eigenvalue weighted by atomic mass is 35.5. The van der Waals surface area contributed by atoms with Crippen molar-refractivity contribution < 1.29 is 4.79 Å². The van der Waals surface area contributed by atoms with Crippen LogP contribution in [0.3, 0.4) is 0 Å². The summed E-state index contributed by atoms with van der Waals surface area (Å²) in [5.41, 5.74) is 3.22. The van der Waals surface area contributed by atoms with Crippen LogP contribution in [0, 0.1) is 6.92 Å². The van der Waals surface area contributed by atoms with Crippen molar-refractivity contribution >= 4 is 23.3 Å². The molecular weight excluding hydrogens is 310 g/mol. The summed E-state index contributed by atoms with van der Waals surface area (Å²) in [5, 5.41) is 4.70. The summed E-state index contributed by atoms with van der Waals surface area (Å²) in [6.07, 6.45) is 0.925. The number of carbonyl (C=O) groups is 1. The Hall–Kier alpha value is -2.04. The average molecular weight is 328 g/mol. The van der Waals surface area contributed by atoms with Gasteiger partial charge in [-0.2, -0.15) is 5.01 Å². The summed E-state index contributed by atoms with van der Waals surface area (Å²) in [6.45, 7) is 3.75. The van der Waals surface area contributed by atoms with Crippen LogP contribution < -0.4 is 4.90 Å². The Balaban J connectivity index is 1.79. The van der Waals surface area contributed by atoms with Crippen molar-refractivity contribution in [1.29, 1.82) is 0 Å². The highest BCUT2D eigenvalue weighted by molar-refractivity contribution is 6.30. The predicted octanol–water partition coefficient (Wildman–Crippen LogP) is 4.21. The van der Waals surface area contributed by atoms with E-state index in [1.54, 1.807) is 0 Å². The third-order valence-corrected chi connectivity index (χ3v) is 4.75. The van der Waals surface area contributed by atoms with Crippen molar-refractivity contribution in [3.8, 4) is 0 Å². The summed E-state index contributed by atoms with van der Waals surface area (Å²) < 4.78 is 0. The Labute approximate surface area is 140 Å². The number of carbonyl (C=O) groups excluding carboxylic acids is 1. The van der Waals surface area contributed by atoms with Crippen LogP contribution in [0.5, 0.6) is 0 Å². The van der Waals surface area contributed by atoms with Gasteiger partial charge < -0.3 is 0 Å². The molecule has 4 rings (SSSR count). The number of amides is 2. The molecule has 2 aliphatic rings. The number of fused-ring (bicyclic) bond motifs is 1. The van der Waals surface area contributed by atoms with Crippen LogP contribution in [0.25, 0.3) is 0 Å². The number of hydrazine groups is 1. The summed E-state index contributed by atoms with van der Waals surface area (Å²) >= 11 is 6.00. The molecule has 1 atom stereocenters. The molecule has 2 saturated heterocycles. The molecule has 0 aliphatic carbocycles. The fourth-order valence-corrected chi connectivity index (χ4v) is 3.49. The van der Waals surface area contributed by atoms with E-state index in [0.717, 1.165) is 30.8 Å². The normalized spacial score (nSPS) is 21.1. The zero-order valence-electron chi connectivity index (χ0n) is 12.9. The molecule has 0 bridgehead atoms. The lowest BCUT2D eigenvalue weighted by Crippen LogP contribution is -2.32. The van der Waals surface area contributed by atoms with Gasteiger partial charge in [0.15, 0.2) is 0 Å². The number of aryl methyl sites for hydroxylation is 1. The summed E-state index contributed by atoms with van der Waals surface area (Å²) in [7, 11) is 0. The van der Waals surface area contributed by atoms with Crippen molar-refractivity contribution in [3.63, 3.8) is 0 Å². The van der Waals surface area contributed by atoms with Gasteiger partial charge in [-0.3, -0.25) is 9.91 Å². The fraction of sp³-hybridized carbons (Fsp3) is 0.278. The van der Waals surface area contributed by atoms with E-state index in [1.165, 1.54) is 5.56 Å². The zero-order valence-corrected chi connectivity index (χ0v) is 13.7. The number of nitrogens with zero attached hydrogens (tertiary/aromatic N) is 3. The van der Waals surface area contributed by atoms with E-state index in [4.69, 9.17) is 11.6 Å². The molecule has 2 amide bonds. The van der Waals surface area contributed by atoms with E-state index >= 15 is 0 Å². The Morgan fingerprint density at radius 3 is 2.39 bits per heavy atom. The Bertz CT molecular complexity index is 729. The lowest BCUT2D eigenvalue weighted by molar-refractivity contribution is 0.0728. The highest BCUT2D eigenvalue weighted by Gasteiger charge is 2.47. The lowest BCUT2D eigenvalue weighted by Gasteiger charge is -2.28. The molecule has 0 N–H and O–H groups in total. The van der Waals surface area contributed by atoms with Gasteiger partial charge in [-0.15, -0.1) is 0 Å². The van der Waals surface area contributed by atoms with E-state index in [0.29, 0.717) is 5.02 Å². The second-order valence-corrected chi connectivity index (χ2v) is 6.49. The SMILES string of the molecule is Cc1ccc([C@@H]2N(c3ccc(Cl)cc3)C(=O)N3CCCN23)cc1. The first-order valence-corrected chi connectivity index (χ1v) is 8.22. The molecule has 23 heavy (non-hydrogen) atoms. The van der Waals surface area contributed by atoms with Crippen LogP contribution in [-0.4, -0.2) is 29.1 Å². The van der Waals surface area contributed by atoms with Crippen LogP contribution in [-0.2, 0) is 0 Å². The van der Waals surface area contributed by atoms with Crippen molar-refractivity contribution in [1.82, 2.24) is 10.0 Å². The first-order chi connectivity index (χ1) is 11.1. The maximum absolute atomic E-state index is 12.9. The molecule has 2 heterocycles. The van der Waals surface area contributed by atoms with Gasteiger partial charge >= 0.3 is 6.03 Å². The topological polar surface area (TPSA) is 26.8 Å². The second kappa shape index (κ2) is 5.55. The molecule has 2 aliphatic heterocycles. The van der Waals surface area contributed by atoms with Crippen LogP contribution in [0.1, 0.15) is 23.7 Å². The molecule has 0 unspecified atom stereocenters. The molecule has 0 spiro atoms. The third-order valence-electron chi connectivity index (χ3n) is 4.50. The number of urea groups is 1. The van der Waals surface area contributed by atoms with Crippen LogP contribution in [0.15, 0.2) is 48.5 Å². The number of halogens is 1. The maximum atomic E-state index is 12.9. The largest absolute Gasteiger partial charge is 0.340 e. The quantitative estimate of drug-likeness (QED) is 0.826. The van der Waals surface area contributed by atoms with E-state index < -0.39 is 0 Å². The first kappa shape index (κ1) is 14.5. The van der Waals surface area contributed by atoms with Gasteiger partial charge in [0.05, 0.1) is 0 Å². The van der Waals surface area contributed by atoms with Gasteiger partial charge in [-0.05, 0) is 43.2 Å². The molecule has 4 nitrogen and oxygen atoms in total. The first-order valence-electron chi connectivity index (χ1n) is 7.84. The van der Waals surface area contributed by atoms with Crippen molar-refractivity contribution in [2.24, 2.45) is 0 Å². The molecule has 118 valence electrons. The third kappa shape index (κ3) is 2.38. The van der Waals surface area contributed by atoms with Gasteiger partial charge in [0, 0.05) is 23.8 Å². The zero-order chi connectivity index (χ0) is 16.0. The van der Waals surface area contributed by atoms with Crippen LogP contribution in [0.4, 0.5) is 10.5 Å². The van der Waals surface area contributed by atoms with Gasteiger partial charge in [0.2, 0.25) is 0 Å². The summed E-state index contributed by atoms with van der Waals surface area (Å²) in [5.74, 6) is 0. The highest BCUT2D eigenvalue weighted by Crippen LogP contribution is 2.40. The summed E-state index contributed by atoms with van der Waals surface area (Å²) in [6, 6.07) is 15.9. The molecule has 0 radical (unpaired) electrons. The number of anilines is 1. The number of benzene rings is 2. The van der Waals surface area contributed by atoms with Crippen molar-refractivity contribution in [3.05, 3.63) is 64.7 Å². The van der Waals surface area contributed by atoms with E-state index in [1.807, 2.05) is 34.2 Å². The lowest BCUT2D eigenvalue weighted by atomic mass is 10.1. The van der Waals surface area contributed by atoms with E-state index in [9.17, 15) is 4.79 Å². The average Bonchev–Trinajstić information content (AvgIpc) is 3.12. The summed E-state index contributed by atoms with van der Waals surface area (Å²) in [4.78, 5) is 14.8. The van der Waals surface area contributed by atoms with Crippen LogP contribution >= 0.6 is 11.6 Å². The Morgan fingerprint density at radius 1 is 1.00 bits per heavy atom. The van der Waals surface area contributed by atoms with Crippen molar-refractivity contribution in [2.45, 2.75) is 19.5 Å². The minimum absolute atomic E-state index is 0.0374. The molecule has 5 heteroatoms. The Kier molecular flexibility index (Phi) is 3.51. The molecule has 0 saturated carbocycles. The molecule has 2 aromatic carbocycles. The number of rotatable bonds is 2. The number of hydrogen-bond donors (Lipinski definition) is 0. The van der Waals surface area contributed by atoms with Crippen molar-refractivity contribution in [2.75, 3.05) is 18.0 Å². The minimum atomic E-state index is -0.0909. The molecule has 2 fully saturated rings. The number of hydrogen-bond acceptors (Lipinski definition) is 2. The second-order valence-electron chi connectivity index (χ2n) is 6.05. The Morgan fingerprint density at radius 2 is 1.70 bits per heavy atom. The maximum Gasteiger partial charge on any atom is 0.340 e. The van der Waals surface area contributed by atoms with Gasteiger partial charge in [0.25, 0.3) is 0 Å². The van der Waals surface area contributed by atoms with Crippen LogP contribution in [0.2, 0.25) is 5.02 Å². The molecular formula is C18H18ClN3O. The molecule has 2 aromatic rings. The molecule has 0 aromatic heterocycles. The smallest absolute Gasteiger partial charge is 0.271 e. The minimum Gasteiger partial charge on any atom is -0.271 e. The van der Waals surface area contributed by atoms with Gasteiger partial charge in [0.1, 0.15) is 6.17 Å². The fourth-order valence-electron chi connectivity index (χ4n) is 3.37. The monoisotopic (exact) mass is 327 g/mol.